The van der Waals surface area contributed by atoms with Gasteiger partial charge in [-0.05, 0) is 30.0 Å². The monoisotopic (exact) mass is 419 g/mol. The second-order valence-corrected chi connectivity index (χ2v) is 8.02. The normalized spacial score (nSPS) is 17.0. The predicted molar refractivity (Wildman–Crippen MR) is 106 cm³/mol. The molecular formula is C15H19Cl2N5OS2. The van der Waals surface area contributed by atoms with Crippen LogP contribution in [0.5, 0.6) is 0 Å². The van der Waals surface area contributed by atoms with Crippen LogP contribution in [0.4, 0.5) is 5.69 Å². The second-order valence-electron chi connectivity index (χ2n) is 5.45. The Morgan fingerprint density at radius 1 is 1.56 bits per heavy atom. The third-order valence-corrected chi connectivity index (χ3v) is 6.20. The highest BCUT2D eigenvalue weighted by Gasteiger charge is 2.17. The Morgan fingerprint density at radius 2 is 2.40 bits per heavy atom. The minimum absolute atomic E-state index is 0. The molecule has 1 aliphatic rings. The van der Waals surface area contributed by atoms with E-state index in [-0.39, 0.29) is 24.4 Å². The number of carbonyl (C=O) groups excluding carboxylic acids is 1. The van der Waals surface area contributed by atoms with E-state index in [1.54, 1.807) is 12.4 Å². The lowest BCUT2D eigenvalue weighted by Crippen LogP contribution is -2.39. The van der Waals surface area contributed by atoms with Gasteiger partial charge in [0, 0.05) is 48.1 Å². The van der Waals surface area contributed by atoms with Crippen molar-refractivity contribution in [3.8, 4) is 0 Å². The van der Waals surface area contributed by atoms with Gasteiger partial charge in [0.15, 0.2) is 5.16 Å². The zero-order chi connectivity index (χ0) is 16.9. The number of amides is 1. The van der Waals surface area contributed by atoms with E-state index in [1.165, 1.54) is 11.8 Å². The average molecular weight is 420 g/mol. The Balaban J connectivity index is 0.00000225. The largest absolute Gasteiger partial charge is 0.326 e. The van der Waals surface area contributed by atoms with Gasteiger partial charge in [-0.1, -0.05) is 11.6 Å². The number of nitrogens with one attached hydrogen (secondary N) is 2. The van der Waals surface area contributed by atoms with Gasteiger partial charge >= 0.3 is 0 Å². The molecule has 1 unspecified atom stereocenters. The van der Waals surface area contributed by atoms with Gasteiger partial charge in [-0.3, -0.25) is 4.79 Å². The number of carbonyl (C=O) groups is 1. The van der Waals surface area contributed by atoms with E-state index >= 15 is 0 Å². The molecule has 0 saturated carbocycles. The van der Waals surface area contributed by atoms with Gasteiger partial charge in [-0.25, -0.2) is 0 Å². The van der Waals surface area contributed by atoms with Gasteiger partial charge in [0.05, 0.1) is 5.02 Å². The maximum Gasteiger partial charge on any atom is 0.225 e. The van der Waals surface area contributed by atoms with Gasteiger partial charge < -0.3 is 15.2 Å². The smallest absolute Gasteiger partial charge is 0.225 e. The van der Waals surface area contributed by atoms with E-state index < -0.39 is 0 Å². The Labute approximate surface area is 166 Å². The maximum absolute atomic E-state index is 12.1. The summed E-state index contributed by atoms with van der Waals surface area (Å²) in [4.78, 5) is 13.0. The molecule has 1 saturated heterocycles. The molecular weight excluding hydrogens is 401 g/mol. The first-order valence-corrected chi connectivity index (χ1v) is 9.89. The second kappa shape index (κ2) is 9.68. The van der Waals surface area contributed by atoms with Crippen LogP contribution in [-0.2, 0) is 11.8 Å². The lowest BCUT2D eigenvalue weighted by atomic mass is 10.2. The molecule has 1 aliphatic heterocycles. The fourth-order valence-corrected chi connectivity index (χ4v) is 4.33. The van der Waals surface area contributed by atoms with Gasteiger partial charge in [-0.15, -0.1) is 22.6 Å². The maximum atomic E-state index is 12.1. The lowest BCUT2D eigenvalue weighted by Gasteiger charge is -2.22. The molecule has 1 amide bonds. The highest BCUT2D eigenvalue weighted by Crippen LogP contribution is 2.33. The van der Waals surface area contributed by atoms with E-state index in [0.717, 1.165) is 28.1 Å². The molecule has 25 heavy (non-hydrogen) atoms. The molecule has 2 N–H and O–H groups in total. The molecule has 2 aromatic rings. The Bertz CT molecular complexity index is 722. The summed E-state index contributed by atoms with van der Waals surface area (Å²) >= 11 is 9.64. The first kappa shape index (κ1) is 20.4. The van der Waals surface area contributed by atoms with Crippen molar-refractivity contribution in [1.29, 1.82) is 0 Å². The predicted octanol–water partition coefficient (Wildman–Crippen LogP) is 3.08. The number of aryl methyl sites for hydroxylation is 1. The fourth-order valence-electron chi connectivity index (χ4n) is 2.31. The third kappa shape index (κ3) is 5.79. The molecule has 0 bridgehead atoms. The summed E-state index contributed by atoms with van der Waals surface area (Å²) in [7, 11) is 1.88. The SMILES string of the molecule is Cl.Cn1cnnc1Sc1ccc(NC(=O)CC2CSCCN2)cc1Cl. The highest BCUT2D eigenvalue weighted by atomic mass is 35.5. The van der Waals surface area contributed by atoms with E-state index in [2.05, 4.69) is 20.8 Å². The molecule has 10 heteroatoms. The van der Waals surface area contributed by atoms with E-state index in [1.807, 2.05) is 35.5 Å². The highest BCUT2D eigenvalue weighted by molar-refractivity contribution is 7.99. The van der Waals surface area contributed by atoms with Crippen LogP contribution in [0.2, 0.25) is 5.02 Å². The molecule has 1 aromatic heterocycles. The Hall–Kier alpha value is -0.930. The van der Waals surface area contributed by atoms with Crippen molar-refractivity contribution < 1.29 is 4.79 Å². The van der Waals surface area contributed by atoms with Crippen molar-refractivity contribution in [3.63, 3.8) is 0 Å². The number of benzene rings is 1. The van der Waals surface area contributed by atoms with Crippen LogP contribution in [0.25, 0.3) is 0 Å². The summed E-state index contributed by atoms with van der Waals surface area (Å²) < 4.78 is 1.83. The first-order valence-electron chi connectivity index (χ1n) is 7.54. The van der Waals surface area contributed by atoms with Crippen molar-refractivity contribution in [1.82, 2.24) is 20.1 Å². The average Bonchev–Trinajstić information content (AvgIpc) is 2.96. The van der Waals surface area contributed by atoms with Crippen LogP contribution in [0, 0.1) is 0 Å². The molecule has 1 aromatic carbocycles. The Morgan fingerprint density at radius 3 is 3.04 bits per heavy atom. The summed E-state index contributed by atoms with van der Waals surface area (Å²) in [6, 6.07) is 5.74. The van der Waals surface area contributed by atoms with E-state index in [0.29, 0.717) is 17.1 Å². The van der Waals surface area contributed by atoms with Crippen LogP contribution in [0.1, 0.15) is 6.42 Å². The summed E-state index contributed by atoms with van der Waals surface area (Å²) in [5.41, 5.74) is 0.704. The molecule has 0 spiro atoms. The van der Waals surface area contributed by atoms with Crippen molar-refractivity contribution in [2.24, 2.45) is 7.05 Å². The van der Waals surface area contributed by atoms with Crippen molar-refractivity contribution in [3.05, 3.63) is 29.5 Å². The molecule has 136 valence electrons. The quantitative estimate of drug-likeness (QED) is 0.775. The lowest BCUT2D eigenvalue weighted by molar-refractivity contribution is -0.116. The van der Waals surface area contributed by atoms with Crippen molar-refractivity contribution >= 4 is 59.1 Å². The molecule has 1 fully saturated rings. The van der Waals surface area contributed by atoms with Crippen LogP contribution in [0.15, 0.2) is 34.6 Å². The number of hydrogen-bond donors (Lipinski definition) is 2. The van der Waals surface area contributed by atoms with Gasteiger partial charge in [0.25, 0.3) is 0 Å². The van der Waals surface area contributed by atoms with E-state index in [4.69, 9.17) is 11.6 Å². The zero-order valence-corrected chi connectivity index (χ0v) is 16.8. The molecule has 3 rings (SSSR count). The molecule has 0 radical (unpaired) electrons. The summed E-state index contributed by atoms with van der Waals surface area (Å²) in [5, 5.41) is 15.5. The van der Waals surface area contributed by atoms with Crippen LogP contribution in [0.3, 0.4) is 0 Å². The number of hydrogen-bond acceptors (Lipinski definition) is 6. The summed E-state index contributed by atoms with van der Waals surface area (Å²) in [6.07, 6.45) is 2.11. The Kier molecular flexibility index (Phi) is 7.89. The molecule has 2 heterocycles. The third-order valence-electron chi connectivity index (χ3n) is 3.52. The van der Waals surface area contributed by atoms with E-state index in [9.17, 15) is 4.79 Å². The summed E-state index contributed by atoms with van der Waals surface area (Å²) in [5.74, 6) is 2.08. The molecule has 6 nitrogen and oxygen atoms in total. The topological polar surface area (TPSA) is 71.8 Å². The van der Waals surface area contributed by atoms with Gasteiger partial charge in [0.2, 0.25) is 5.91 Å². The molecule has 0 aliphatic carbocycles. The zero-order valence-electron chi connectivity index (χ0n) is 13.6. The van der Waals surface area contributed by atoms with Crippen molar-refractivity contribution in [2.45, 2.75) is 22.5 Å². The minimum Gasteiger partial charge on any atom is -0.326 e. The van der Waals surface area contributed by atoms with Crippen LogP contribution >= 0.6 is 47.5 Å². The number of halogens is 2. The number of anilines is 1. The molecule has 1 atom stereocenters. The number of nitrogens with zero attached hydrogens (tertiary/aromatic N) is 3. The van der Waals surface area contributed by atoms with Crippen LogP contribution in [-0.4, -0.2) is 44.8 Å². The number of rotatable bonds is 5. The fraction of sp³-hybridized carbons (Fsp3) is 0.400. The number of aromatic nitrogens is 3. The van der Waals surface area contributed by atoms with Gasteiger partial charge in [-0.2, -0.15) is 11.8 Å². The standard InChI is InChI=1S/C15H18ClN5OS2.ClH/c1-21-9-18-20-15(21)24-13-3-2-10(6-12(13)16)19-14(22)7-11-8-23-5-4-17-11;/h2-3,6,9,11,17H,4-5,7-8H2,1H3,(H,19,22);1H. The van der Waals surface area contributed by atoms with Crippen molar-refractivity contribution in [2.75, 3.05) is 23.4 Å². The number of thioether (sulfide) groups is 1. The summed E-state index contributed by atoms with van der Waals surface area (Å²) in [6.45, 7) is 0.961. The van der Waals surface area contributed by atoms with Crippen LogP contribution < -0.4 is 10.6 Å². The van der Waals surface area contributed by atoms with Gasteiger partial charge in [0.1, 0.15) is 6.33 Å². The minimum atomic E-state index is -0.000212. The first-order chi connectivity index (χ1) is 11.6.